The molecule has 1 aromatic heterocycles. The zero-order valence-corrected chi connectivity index (χ0v) is 9.36. The van der Waals surface area contributed by atoms with Gasteiger partial charge in [-0.05, 0) is 26.2 Å². The first-order chi connectivity index (χ1) is 6.80. The van der Waals surface area contributed by atoms with Crippen LogP contribution in [0.4, 0.5) is 5.13 Å². The standard InChI is InChI=1S/C9H15N3OS/c1-3-10-8-11-7(12-14-8)9(13-2)5-4-6-9/h3-6H2,1-2H3,(H,10,11,12). The summed E-state index contributed by atoms with van der Waals surface area (Å²) in [4.78, 5) is 4.44. The van der Waals surface area contributed by atoms with Gasteiger partial charge in [0, 0.05) is 25.2 Å². The quantitative estimate of drug-likeness (QED) is 0.831. The minimum atomic E-state index is -0.176. The predicted octanol–water partition coefficient (Wildman–Crippen LogP) is 2.00. The van der Waals surface area contributed by atoms with Crippen molar-refractivity contribution in [1.82, 2.24) is 9.36 Å². The molecular formula is C9H15N3OS. The third-order valence-corrected chi connectivity index (χ3v) is 3.39. The minimum absolute atomic E-state index is 0.176. The fourth-order valence-electron chi connectivity index (χ4n) is 1.65. The number of nitrogens with zero attached hydrogens (tertiary/aromatic N) is 2. The van der Waals surface area contributed by atoms with Crippen molar-refractivity contribution in [3.05, 3.63) is 5.82 Å². The summed E-state index contributed by atoms with van der Waals surface area (Å²) in [6, 6.07) is 0. The highest BCUT2D eigenvalue weighted by Gasteiger charge is 2.42. The molecule has 1 N–H and O–H groups in total. The molecule has 1 fully saturated rings. The maximum absolute atomic E-state index is 5.51. The molecule has 0 radical (unpaired) electrons. The monoisotopic (exact) mass is 213 g/mol. The summed E-state index contributed by atoms with van der Waals surface area (Å²) in [5.41, 5.74) is -0.176. The van der Waals surface area contributed by atoms with Crippen LogP contribution in [0.3, 0.4) is 0 Å². The predicted molar refractivity (Wildman–Crippen MR) is 56.6 cm³/mol. The van der Waals surface area contributed by atoms with Crippen LogP contribution in [0.15, 0.2) is 0 Å². The van der Waals surface area contributed by atoms with E-state index in [9.17, 15) is 0 Å². The Labute approximate surface area is 87.9 Å². The van der Waals surface area contributed by atoms with Gasteiger partial charge in [0.25, 0.3) is 0 Å². The van der Waals surface area contributed by atoms with Crippen LogP contribution in [0.2, 0.25) is 0 Å². The van der Waals surface area contributed by atoms with E-state index in [1.807, 2.05) is 0 Å². The Morgan fingerprint density at radius 1 is 1.57 bits per heavy atom. The van der Waals surface area contributed by atoms with Crippen molar-refractivity contribution >= 4 is 16.7 Å². The van der Waals surface area contributed by atoms with Crippen molar-refractivity contribution in [3.63, 3.8) is 0 Å². The van der Waals surface area contributed by atoms with E-state index in [4.69, 9.17) is 4.74 Å². The molecule has 4 nitrogen and oxygen atoms in total. The van der Waals surface area contributed by atoms with Crippen LogP contribution in [0, 0.1) is 0 Å². The minimum Gasteiger partial charge on any atom is -0.370 e. The summed E-state index contributed by atoms with van der Waals surface area (Å²) < 4.78 is 9.85. The van der Waals surface area contributed by atoms with Gasteiger partial charge in [0.05, 0.1) is 0 Å². The molecule has 1 aliphatic carbocycles. The van der Waals surface area contributed by atoms with Crippen molar-refractivity contribution in [1.29, 1.82) is 0 Å². The maximum atomic E-state index is 5.51. The number of hydrogen-bond donors (Lipinski definition) is 1. The molecule has 1 aliphatic rings. The van der Waals surface area contributed by atoms with Gasteiger partial charge in [-0.1, -0.05) is 0 Å². The number of anilines is 1. The highest BCUT2D eigenvalue weighted by atomic mass is 32.1. The molecule has 1 saturated carbocycles. The van der Waals surface area contributed by atoms with Gasteiger partial charge in [0.2, 0.25) is 5.13 Å². The number of rotatable bonds is 4. The molecule has 0 spiro atoms. The Balaban J connectivity index is 2.15. The van der Waals surface area contributed by atoms with Gasteiger partial charge in [-0.25, -0.2) is 4.98 Å². The second-order valence-corrected chi connectivity index (χ2v) is 4.26. The fourth-order valence-corrected chi connectivity index (χ4v) is 2.36. The van der Waals surface area contributed by atoms with Crippen LogP contribution < -0.4 is 5.32 Å². The molecule has 0 bridgehead atoms. The molecule has 0 amide bonds. The average molecular weight is 213 g/mol. The Morgan fingerprint density at radius 3 is 2.86 bits per heavy atom. The van der Waals surface area contributed by atoms with Gasteiger partial charge in [-0.2, -0.15) is 4.37 Å². The SMILES string of the molecule is CCNc1nc(C2(OC)CCC2)ns1. The molecule has 5 heteroatoms. The Kier molecular flexibility index (Phi) is 2.69. The summed E-state index contributed by atoms with van der Waals surface area (Å²) in [6.45, 7) is 2.94. The lowest BCUT2D eigenvalue weighted by molar-refractivity contribution is -0.0837. The van der Waals surface area contributed by atoms with Gasteiger partial charge in [0.15, 0.2) is 5.82 Å². The number of aromatic nitrogens is 2. The highest BCUT2D eigenvalue weighted by Crippen LogP contribution is 2.43. The number of hydrogen-bond acceptors (Lipinski definition) is 5. The van der Waals surface area contributed by atoms with E-state index in [0.717, 1.165) is 30.3 Å². The van der Waals surface area contributed by atoms with E-state index < -0.39 is 0 Å². The largest absolute Gasteiger partial charge is 0.370 e. The first kappa shape index (κ1) is 9.86. The molecule has 1 aromatic rings. The molecule has 0 atom stereocenters. The van der Waals surface area contributed by atoms with Crippen molar-refractivity contribution in [2.45, 2.75) is 31.8 Å². The number of ether oxygens (including phenoxy) is 1. The summed E-state index contributed by atoms with van der Waals surface area (Å²) in [6.07, 6.45) is 3.31. The molecule has 0 saturated heterocycles. The second-order valence-electron chi connectivity index (χ2n) is 3.51. The van der Waals surface area contributed by atoms with E-state index in [1.165, 1.54) is 18.0 Å². The number of methoxy groups -OCH3 is 1. The van der Waals surface area contributed by atoms with Crippen molar-refractivity contribution in [2.24, 2.45) is 0 Å². The lowest BCUT2D eigenvalue weighted by Crippen LogP contribution is -2.37. The first-order valence-electron chi connectivity index (χ1n) is 4.94. The summed E-state index contributed by atoms with van der Waals surface area (Å²) >= 11 is 1.41. The molecule has 0 unspecified atom stereocenters. The van der Waals surface area contributed by atoms with Gasteiger partial charge in [0.1, 0.15) is 5.60 Å². The average Bonchev–Trinajstić information content (AvgIpc) is 2.54. The van der Waals surface area contributed by atoms with Crippen LogP contribution >= 0.6 is 11.5 Å². The van der Waals surface area contributed by atoms with E-state index >= 15 is 0 Å². The van der Waals surface area contributed by atoms with Crippen LogP contribution in [0.25, 0.3) is 0 Å². The molecule has 1 heterocycles. The Bertz CT molecular complexity index is 303. The van der Waals surface area contributed by atoms with Gasteiger partial charge < -0.3 is 10.1 Å². The molecule has 78 valence electrons. The topological polar surface area (TPSA) is 47.0 Å². The molecule has 0 aliphatic heterocycles. The number of nitrogens with one attached hydrogen (secondary N) is 1. The van der Waals surface area contributed by atoms with E-state index in [0.29, 0.717) is 0 Å². The van der Waals surface area contributed by atoms with Gasteiger partial charge >= 0.3 is 0 Å². The molecule has 0 aromatic carbocycles. The van der Waals surface area contributed by atoms with Crippen LogP contribution in [0.1, 0.15) is 32.0 Å². The van der Waals surface area contributed by atoms with Crippen molar-refractivity contribution < 1.29 is 4.74 Å². The highest BCUT2D eigenvalue weighted by molar-refractivity contribution is 7.09. The van der Waals surface area contributed by atoms with Crippen LogP contribution in [-0.4, -0.2) is 23.0 Å². The third kappa shape index (κ3) is 1.50. The molecule has 14 heavy (non-hydrogen) atoms. The molecule has 2 rings (SSSR count). The van der Waals surface area contributed by atoms with Crippen LogP contribution in [-0.2, 0) is 10.3 Å². The van der Waals surface area contributed by atoms with Gasteiger partial charge in [-0.15, -0.1) is 0 Å². The first-order valence-corrected chi connectivity index (χ1v) is 5.71. The van der Waals surface area contributed by atoms with E-state index in [-0.39, 0.29) is 5.60 Å². The van der Waals surface area contributed by atoms with Crippen LogP contribution in [0.5, 0.6) is 0 Å². The van der Waals surface area contributed by atoms with Crippen molar-refractivity contribution in [2.75, 3.05) is 19.0 Å². The third-order valence-electron chi connectivity index (χ3n) is 2.71. The lowest BCUT2D eigenvalue weighted by Gasteiger charge is -2.37. The second kappa shape index (κ2) is 3.82. The zero-order chi connectivity index (χ0) is 10.0. The van der Waals surface area contributed by atoms with Crippen molar-refractivity contribution in [3.8, 4) is 0 Å². The Hall–Kier alpha value is -0.680. The normalized spacial score (nSPS) is 19.0. The summed E-state index contributed by atoms with van der Waals surface area (Å²) in [7, 11) is 1.74. The smallest absolute Gasteiger partial charge is 0.202 e. The summed E-state index contributed by atoms with van der Waals surface area (Å²) in [5.74, 6) is 0.854. The summed E-state index contributed by atoms with van der Waals surface area (Å²) in [5, 5.41) is 4.06. The lowest BCUT2D eigenvalue weighted by atomic mass is 9.79. The zero-order valence-electron chi connectivity index (χ0n) is 8.54. The fraction of sp³-hybridized carbons (Fsp3) is 0.778. The molecular weight excluding hydrogens is 198 g/mol. The van der Waals surface area contributed by atoms with E-state index in [2.05, 4.69) is 21.6 Å². The maximum Gasteiger partial charge on any atom is 0.202 e. The van der Waals surface area contributed by atoms with Gasteiger partial charge in [-0.3, -0.25) is 0 Å². The Morgan fingerprint density at radius 2 is 2.36 bits per heavy atom. The van der Waals surface area contributed by atoms with E-state index in [1.54, 1.807) is 7.11 Å².